The lowest BCUT2D eigenvalue weighted by Crippen LogP contribution is -2.26. The minimum absolute atomic E-state index is 0.0382. The van der Waals surface area contributed by atoms with E-state index < -0.39 is 20.9 Å². The molecule has 9 nitrogen and oxygen atoms in total. The Morgan fingerprint density at radius 3 is 2.33 bits per heavy atom. The summed E-state index contributed by atoms with van der Waals surface area (Å²) in [5.74, 6) is -0.188. The molecular weight excluding hydrogens is 470 g/mol. The number of hydrogen-bond donors (Lipinski definition) is 1. The van der Waals surface area contributed by atoms with Crippen LogP contribution in [0.3, 0.4) is 0 Å². The Kier molecular flexibility index (Phi) is 7.19. The highest BCUT2D eigenvalue weighted by molar-refractivity contribution is 7.92. The first-order valence-corrected chi connectivity index (χ1v) is 11.4. The van der Waals surface area contributed by atoms with Crippen molar-refractivity contribution in [3.8, 4) is 5.75 Å². The summed E-state index contributed by atoms with van der Waals surface area (Å²) >= 11 is 5.75. The largest absolute Gasteiger partial charge is 0.484 e. The number of hydrogen-bond acceptors (Lipinski definition) is 6. The fraction of sp³-hybridized carbons (Fsp3) is 0.136. The average molecular weight is 490 g/mol. The minimum Gasteiger partial charge on any atom is -0.484 e. The molecule has 11 heteroatoms. The Labute approximate surface area is 195 Å². The number of benzene rings is 3. The van der Waals surface area contributed by atoms with E-state index in [2.05, 4.69) is 5.32 Å². The van der Waals surface area contributed by atoms with Gasteiger partial charge in [0.2, 0.25) is 0 Å². The van der Waals surface area contributed by atoms with Crippen LogP contribution >= 0.6 is 11.6 Å². The monoisotopic (exact) mass is 489 g/mol. The number of amides is 1. The molecule has 3 aromatic carbocycles. The van der Waals surface area contributed by atoms with Crippen molar-refractivity contribution in [1.82, 2.24) is 0 Å². The van der Waals surface area contributed by atoms with Crippen LogP contribution in [-0.4, -0.2) is 32.9 Å². The standard InChI is InChI=1S/C22H20ClN3O6S/c1-15-3-10-19(11-4-15)33(30,31)25(2)17-6-8-18(9-7-17)32-14-22(27)24-16-5-12-20(23)21(13-16)26(28)29/h3-13H,14H2,1-2H3,(H,24,27). The first kappa shape index (κ1) is 24.0. The van der Waals surface area contributed by atoms with Crippen LogP contribution in [0.1, 0.15) is 5.56 Å². The van der Waals surface area contributed by atoms with Gasteiger partial charge in [-0.1, -0.05) is 29.3 Å². The maximum absolute atomic E-state index is 12.8. The molecular formula is C22H20ClN3O6S. The summed E-state index contributed by atoms with van der Waals surface area (Å²) in [6, 6.07) is 16.6. The van der Waals surface area contributed by atoms with E-state index in [9.17, 15) is 23.3 Å². The second-order valence-corrected chi connectivity index (χ2v) is 9.42. The molecule has 0 fully saturated rings. The van der Waals surface area contributed by atoms with Crippen molar-refractivity contribution in [2.45, 2.75) is 11.8 Å². The number of aryl methyl sites for hydroxylation is 1. The molecule has 0 atom stereocenters. The van der Waals surface area contributed by atoms with Gasteiger partial charge in [-0.2, -0.15) is 0 Å². The summed E-state index contributed by atoms with van der Waals surface area (Å²) in [6.45, 7) is 1.52. The predicted octanol–water partition coefficient (Wildman–Crippen LogP) is 4.40. The molecule has 0 saturated heterocycles. The van der Waals surface area contributed by atoms with Crippen LogP contribution < -0.4 is 14.4 Å². The van der Waals surface area contributed by atoms with Crippen LogP contribution in [0.5, 0.6) is 5.75 Å². The van der Waals surface area contributed by atoms with E-state index in [0.717, 1.165) is 15.9 Å². The molecule has 0 aliphatic carbocycles. The highest BCUT2D eigenvalue weighted by Crippen LogP contribution is 2.27. The number of nitro benzene ring substituents is 1. The van der Waals surface area contributed by atoms with E-state index in [1.54, 1.807) is 36.4 Å². The van der Waals surface area contributed by atoms with Gasteiger partial charge in [0.15, 0.2) is 6.61 Å². The number of carbonyl (C=O) groups is 1. The number of nitro groups is 1. The highest BCUT2D eigenvalue weighted by atomic mass is 35.5. The molecule has 1 amide bonds. The molecule has 1 N–H and O–H groups in total. The second kappa shape index (κ2) is 9.88. The number of nitrogens with one attached hydrogen (secondary N) is 1. The summed E-state index contributed by atoms with van der Waals surface area (Å²) in [6.07, 6.45) is 0. The van der Waals surface area contributed by atoms with Gasteiger partial charge in [-0.3, -0.25) is 19.2 Å². The summed E-state index contributed by atoms with van der Waals surface area (Å²) < 4.78 is 32.2. The predicted molar refractivity (Wildman–Crippen MR) is 125 cm³/mol. The maximum Gasteiger partial charge on any atom is 0.289 e. The number of carbonyl (C=O) groups excluding carboxylic acids is 1. The number of anilines is 2. The van der Waals surface area contributed by atoms with Crippen molar-refractivity contribution in [2.75, 3.05) is 23.3 Å². The molecule has 0 saturated carbocycles. The molecule has 0 aliphatic rings. The van der Waals surface area contributed by atoms with Crippen LogP contribution in [0.25, 0.3) is 0 Å². The Morgan fingerprint density at radius 2 is 1.73 bits per heavy atom. The Morgan fingerprint density at radius 1 is 1.09 bits per heavy atom. The van der Waals surface area contributed by atoms with E-state index in [0.29, 0.717) is 11.4 Å². The highest BCUT2D eigenvalue weighted by Gasteiger charge is 2.21. The van der Waals surface area contributed by atoms with Crippen molar-refractivity contribution in [2.24, 2.45) is 0 Å². The smallest absolute Gasteiger partial charge is 0.289 e. The Balaban J connectivity index is 1.61. The van der Waals surface area contributed by atoms with Gasteiger partial charge in [0.1, 0.15) is 10.8 Å². The van der Waals surface area contributed by atoms with E-state index >= 15 is 0 Å². The molecule has 0 spiro atoms. The zero-order chi connectivity index (χ0) is 24.2. The molecule has 0 aromatic heterocycles. The first-order chi connectivity index (χ1) is 15.6. The second-order valence-electron chi connectivity index (χ2n) is 7.04. The third-order valence-electron chi connectivity index (χ3n) is 4.68. The van der Waals surface area contributed by atoms with Gasteiger partial charge in [0.25, 0.3) is 21.6 Å². The Hall–Kier alpha value is -3.63. The van der Waals surface area contributed by atoms with Crippen molar-refractivity contribution in [1.29, 1.82) is 0 Å². The molecule has 0 unspecified atom stereocenters. The lowest BCUT2D eigenvalue weighted by atomic mass is 10.2. The molecule has 172 valence electrons. The molecule has 3 aromatic rings. The normalized spacial score (nSPS) is 11.0. The summed E-state index contributed by atoms with van der Waals surface area (Å²) in [5, 5.41) is 13.4. The number of sulfonamides is 1. The molecule has 3 rings (SSSR count). The van der Waals surface area contributed by atoms with E-state index in [1.807, 2.05) is 6.92 Å². The lowest BCUT2D eigenvalue weighted by molar-refractivity contribution is -0.384. The summed E-state index contributed by atoms with van der Waals surface area (Å²) in [4.78, 5) is 22.6. The third-order valence-corrected chi connectivity index (χ3v) is 6.80. The molecule has 0 aliphatic heterocycles. The van der Waals surface area contributed by atoms with Crippen LogP contribution in [0.15, 0.2) is 71.6 Å². The Bertz CT molecular complexity index is 1280. The quantitative estimate of drug-likeness (QED) is 0.370. The average Bonchev–Trinajstić information content (AvgIpc) is 2.79. The summed E-state index contributed by atoms with van der Waals surface area (Å²) in [7, 11) is -2.28. The van der Waals surface area contributed by atoms with Gasteiger partial charge >= 0.3 is 0 Å². The van der Waals surface area contributed by atoms with Crippen LogP contribution in [0.2, 0.25) is 5.02 Å². The maximum atomic E-state index is 12.8. The number of ether oxygens (including phenoxy) is 1. The molecule has 0 radical (unpaired) electrons. The van der Waals surface area contributed by atoms with Crippen LogP contribution in [0, 0.1) is 17.0 Å². The van der Waals surface area contributed by atoms with Crippen LogP contribution in [-0.2, 0) is 14.8 Å². The van der Waals surface area contributed by atoms with Crippen molar-refractivity contribution >= 4 is 44.6 Å². The molecule has 33 heavy (non-hydrogen) atoms. The first-order valence-electron chi connectivity index (χ1n) is 9.60. The van der Waals surface area contributed by atoms with Gasteiger partial charge in [0, 0.05) is 18.8 Å². The van der Waals surface area contributed by atoms with E-state index in [4.69, 9.17) is 16.3 Å². The minimum atomic E-state index is -3.72. The van der Waals surface area contributed by atoms with Crippen molar-refractivity contribution in [3.05, 3.63) is 87.4 Å². The fourth-order valence-corrected chi connectivity index (χ4v) is 4.22. The SMILES string of the molecule is Cc1ccc(S(=O)(=O)N(C)c2ccc(OCC(=O)Nc3ccc(Cl)c([N+](=O)[O-])c3)cc2)cc1. The molecule has 0 bridgehead atoms. The van der Waals surface area contributed by atoms with Gasteiger partial charge in [-0.05, 0) is 55.5 Å². The van der Waals surface area contributed by atoms with Gasteiger partial charge in [0.05, 0.1) is 15.5 Å². The fourth-order valence-electron chi connectivity index (χ4n) is 2.84. The number of rotatable bonds is 8. The molecule has 0 heterocycles. The van der Waals surface area contributed by atoms with Gasteiger partial charge in [-0.15, -0.1) is 0 Å². The zero-order valence-electron chi connectivity index (χ0n) is 17.7. The van der Waals surface area contributed by atoms with E-state index in [1.165, 1.54) is 31.3 Å². The number of halogens is 1. The summed E-state index contributed by atoms with van der Waals surface area (Å²) in [5.41, 5.74) is 1.26. The van der Waals surface area contributed by atoms with Gasteiger partial charge in [-0.25, -0.2) is 8.42 Å². The van der Waals surface area contributed by atoms with Crippen LogP contribution in [0.4, 0.5) is 17.1 Å². The van der Waals surface area contributed by atoms with Gasteiger partial charge < -0.3 is 10.1 Å². The number of nitrogens with zero attached hydrogens (tertiary/aromatic N) is 2. The van der Waals surface area contributed by atoms with E-state index in [-0.39, 0.29) is 27.9 Å². The van der Waals surface area contributed by atoms with Crippen molar-refractivity contribution < 1.29 is 22.9 Å². The topological polar surface area (TPSA) is 119 Å². The van der Waals surface area contributed by atoms with Crippen molar-refractivity contribution in [3.63, 3.8) is 0 Å². The lowest BCUT2D eigenvalue weighted by Gasteiger charge is -2.20. The zero-order valence-corrected chi connectivity index (χ0v) is 19.3. The third kappa shape index (κ3) is 5.79.